The Kier molecular flexibility index (Phi) is 5.01. The molecule has 0 fully saturated rings. The van der Waals surface area contributed by atoms with E-state index in [0.717, 1.165) is 24.1 Å². The smallest absolute Gasteiger partial charge is 0.226 e. The molecule has 0 aliphatic heterocycles. The summed E-state index contributed by atoms with van der Waals surface area (Å²) in [5.41, 5.74) is 1.82. The van der Waals surface area contributed by atoms with Crippen LogP contribution in [0, 0.1) is 6.92 Å². The zero-order valence-corrected chi connectivity index (χ0v) is 10.9. The second-order valence-corrected chi connectivity index (χ2v) is 4.21. The fraction of sp³-hybridized carbons (Fsp3) is 0.500. The van der Waals surface area contributed by atoms with Gasteiger partial charge in [-0.1, -0.05) is 19.4 Å². The number of unbranched alkanes of at least 4 members (excludes halogenated alkanes) is 1. The molecule has 17 heavy (non-hydrogen) atoms. The van der Waals surface area contributed by atoms with Gasteiger partial charge in [0.15, 0.2) is 0 Å². The van der Waals surface area contributed by atoms with Gasteiger partial charge in [0, 0.05) is 19.0 Å². The number of anilines is 1. The van der Waals surface area contributed by atoms with Gasteiger partial charge in [-0.05, 0) is 31.9 Å². The molecule has 0 radical (unpaired) electrons. The molecule has 1 amide bonds. The summed E-state index contributed by atoms with van der Waals surface area (Å²) in [6.45, 7) is 6.61. The van der Waals surface area contributed by atoms with Crippen molar-refractivity contribution in [3.05, 3.63) is 23.8 Å². The molecule has 0 unspecified atom stereocenters. The quantitative estimate of drug-likeness (QED) is 0.851. The highest BCUT2D eigenvalue weighted by Crippen LogP contribution is 2.25. The summed E-state index contributed by atoms with van der Waals surface area (Å²) in [5, 5.41) is 9.50. The molecule has 0 aliphatic rings. The highest BCUT2D eigenvalue weighted by Gasteiger charge is 2.15. The van der Waals surface area contributed by atoms with Gasteiger partial charge in [-0.25, -0.2) is 0 Å². The Bertz CT molecular complexity index is 388. The van der Waals surface area contributed by atoms with Crippen molar-refractivity contribution in [2.45, 2.75) is 40.0 Å². The van der Waals surface area contributed by atoms with Crippen molar-refractivity contribution >= 4 is 11.6 Å². The molecule has 0 heterocycles. The molecule has 3 heteroatoms. The van der Waals surface area contributed by atoms with E-state index in [0.29, 0.717) is 13.0 Å². The fourth-order valence-corrected chi connectivity index (χ4v) is 1.83. The normalized spacial score (nSPS) is 10.3. The third-order valence-electron chi connectivity index (χ3n) is 2.84. The number of amides is 1. The predicted molar refractivity (Wildman–Crippen MR) is 70.4 cm³/mol. The number of benzene rings is 1. The standard InChI is InChI=1S/C14H21NO2/c1-4-6-7-14(17)15(5-2)13-10-12(16)9-8-11(13)3/h8-10,16H,4-7H2,1-3H3. The number of nitrogens with zero attached hydrogens (tertiary/aromatic N) is 1. The van der Waals surface area contributed by atoms with Gasteiger partial charge >= 0.3 is 0 Å². The Morgan fingerprint density at radius 3 is 2.65 bits per heavy atom. The van der Waals surface area contributed by atoms with Crippen molar-refractivity contribution in [1.82, 2.24) is 0 Å². The summed E-state index contributed by atoms with van der Waals surface area (Å²) < 4.78 is 0. The lowest BCUT2D eigenvalue weighted by molar-refractivity contribution is -0.118. The summed E-state index contributed by atoms with van der Waals surface area (Å²) >= 11 is 0. The number of carbonyl (C=O) groups is 1. The molecule has 94 valence electrons. The van der Waals surface area contributed by atoms with Crippen LogP contribution in [0.15, 0.2) is 18.2 Å². The average Bonchev–Trinajstić information content (AvgIpc) is 2.32. The van der Waals surface area contributed by atoms with Gasteiger partial charge in [-0.3, -0.25) is 4.79 Å². The van der Waals surface area contributed by atoms with Crippen LogP contribution in [-0.2, 0) is 4.79 Å². The predicted octanol–water partition coefficient (Wildman–Crippen LogP) is 3.24. The van der Waals surface area contributed by atoms with E-state index in [2.05, 4.69) is 6.92 Å². The van der Waals surface area contributed by atoms with E-state index in [9.17, 15) is 9.90 Å². The van der Waals surface area contributed by atoms with Crippen LogP contribution in [0.1, 0.15) is 38.7 Å². The van der Waals surface area contributed by atoms with E-state index in [1.165, 1.54) is 0 Å². The fourth-order valence-electron chi connectivity index (χ4n) is 1.83. The molecule has 0 atom stereocenters. The van der Waals surface area contributed by atoms with E-state index in [1.807, 2.05) is 19.9 Å². The molecule has 0 saturated carbocycles. The Balaban J connectivity index is 2.92. The number of aryl methyl sites for hydroxylation is 1. The van der Waals surface area contributed by atoms with Crippen LogP contribution in [0.2, 0.25) is 0 Å². The van der Waals surface area contributed by atoms with Gasteiger partial charge in [0.1, 0.15) is 5.75 Å². The van der Waals surface area contributed by atoms with Gasteiger partial charge in [0.2, 0.25) is 5.91 Å². The first kappa shape index (κ1) is 13.6. The number of aromatic hydroxyl groups is 1. The molecule has 1 aromatic rings. The molecule has 0 bridgehead atoms. The van der Waals surface area contributed by atoms with Gasteiger partial charge < -0.3 is 10.0 Å². The number of phenols is 1. The Morgan fingerprint density at radius 2 is 2.06 bits per heavy atom. The number of hydrogen-bond donors (Lipinski definition) is 1. The maximum Gasteiger partial charge on any atom is 0.226 e. The highest BCUT2D eigenvalue weighted by molar-refractivity contribution is 5.94. The van der Waals surface area contributed by atoms with E-state index in [1.54, 1.807) is 17.0 Å². The largest absolute Gasteiger partial charge is 0.508 e. The molecular weight excluding hydrogens is 214 g/mol. The van der Waals surface area contributed by atoms with Crippen molar-refractivity contribution in [3.63, 3.8) is 0 Å². The molecule has 0 aromatic heterocycles. The molecular formula is C14H21NO2. The van der Waals surface area contributed by atoms with Gasteiger partial charge in [0.05, 0.1) is 5.69 Å². The minimum Gasteiger partial charge on any atom is -0.508 e. The van der Waals surface area contributed by atoms with Gasteiger partial charge in [-0.15, -0.1) is 0 Å². The molecule has 0 spiro atoms. The van der Waals surface area contributed by atoms with Crippen LogP contribution in [0.3, 0.4) is 0 Å². The molecule has 1 N–H and O–H groups in total. The number of phenolic OH excluding ortho intramolecular Hbond substituents is 1. The lowest BCUT2D eigenvalue weighted by atomic mass is 10.1. The maximum atomic E-state index is 12.0. The first-order valence-corrected chi connectivity index (χ1v) is 6.20. The van der Waals surface area contributed by atoms with Gasteiger partial charge in [0.25, 0.3) is 0 Å². The lowest BCUT2D eigenvalue weighted by Crippen LogP contribution is -2.30. The SMILES string of the molecule is CCCCC(=O)N(CC)c1cc(O)ccc1C. The zero-order valence-electron chi connectivity index (χ0n) is 10.9. The number of carbonyl (C=O) groups excluding carboxylic acids is 1. The van der Waals surface area contributed by atoms with Crippen molar-refractivity contribution in [2.24, 2.45) is 0 Å². The van der Waals surface area contributed by atoms with Crippen LogP contribution >= 0.6 is 0 Å². The lowest BCUT2D eigenvalue weighted by Gasteiger charge is -2.23. The topological polar surface area (TPSA) is 40.5 Å². The van der Waals surface area contributed by atoms with Crippen molar-refractivity contribution in [3.8, 4) is 5.75 Å². The van der Waals surface area contributed by atoms with E-state index in [4.69, 9.17) is 0 Å². The average molecular weight is 235 g/mol. The van der Waals surface area contributed by atoms with Crippen LogP contribution < -0.4 is 4.90 Å². The molecule has 0 aliphatic carbocycles. The van der Waals surface area contributed by atoms with Crippen LogP contribution in [-0.4, -0.2) is 17.6 Å². The van der Waals surface area contributed by atoms with Crippen LogP contribution in [0.4, 0.5) is 5.69 Å². The zero-order chi connectivity index (χ0) is 12.8. The third kappa shape index (κ3) is 3.48. The van der Waals surface area contributed by atoms with E-state index >= 15 is 0 Å². The van der Waals surface area contributed by atoms with Crippen molar-refractivity contribution < 1.29 is 9.90 Å². The Morgan fingerprint density at radius 1 is 1.35 bits per heavy atom. The second-order valence-electron chi connectivity index (χ2n) is 4.21. The number of rotatable bonds is 5. The van der Waals surface area contributed by atoms with E-state index < -0.39 is 0 Å². The Hall–Kier alpha value is -1.51. The minimum absolute atomic E-state index is 0.128. The molecule has 1 rings (SSSR count). The molecule has 0 saturated heterocycles. The summed E-state index contributed by atoms with van der Waals surface area (Å²) in [7, 11) is 0. The van der Waals surface area contributed by atoms with Gasteiger partial charge in [-0.2, -0.15) is 0 Å². The summed E-state index contributed by atoms with van der Waals surface area (Å²) in [6.07, 6.45) is 2.49. The number of hydrogen-bond acceptors (Lipinski definition) is 2. The van der Waals surface area contributed by atoms with Crippen molar-refractivity contribution in [1.29, 1.82) is 0 Å². The maximum absolute atomic E-state index is 12.0. The summed E-state index contributed by atoms with van der Waals surface area (Å²) in [6, 6.07) is 5.13. The monoisotopic (exact) mass is 235 g/mol. The minimum atomic E-state index is 0.128. The van der Waals surface area contributed by atoms with E-state index in [-0.39, 0.29) is 11.7 Å². The highest BCUT2D eigenvalue weighted by atomic mass is 16.3. The van der Waals surface area contributed by atoms with Crippen LogP contribution in [0.5, 0.6) is 5.75 Å². The first-order chi connectivity index (χ1) is 8.10. The third-order valence-corrected chi connectivity index (χ3v) is 2.84. The Labute approximate surface area is 103 Å². The van der Waals surface area contributed by atoms with Crippen LogP contribution in [0.25, 0.3) is 0 Å². The van der Waals surface area contributed by atoms with Crippen molar-refractivity contribution in [2.75, 3.05) is 11.4 Å². The summed E-state index contributed by atoms with van der Waals surface area (Å²) in [4.78, 5) is 13.8. The molecule has 1 aromatic carbocycles. The summed E-state index contributed by atoms with van der Waals surface area (Å²) in [5.74, 6) is 0.329. The first-order valence-electron chi connectivity index (χ1n) is 6.20. The second kappa shape index (κ2) is 6.28. The molecule has 3 nitrogen and oxygen atoms in total.